The minimum atomic E-state index is -0.820. The van der Waals surface area contributed by atoms with Crippen molar-refractivity contribution in [2.45, 2.75) is 72.0 Å². The molecule has 3 unspecified atom stereocenters. The van der Waals surface area contributed by atoms with Crippen LogP contribution in [-0.4, -0.2) is 78.5 Å². The molecule has 1 heterocycles. The number of amides is 5. The highest BCUT2D eigenvalue weighted by Gasteiger charge is 2.51. The van der Waals surface area contributed by atoms with E-state index in [4.69, 9.17) is 0 Å². The zero-order valence-corrected chi connectivity index (χ0v) is 20.6. The summed E-state index contributed by atoms with van der Waals surface area (Å²) in [5.41, 5.74) is -0.559. The molecule has 5 atom stereocenters. The molecule has 2 rings (SSSR count). The summed E-state index contributed by atoms with van der Waals surface area (Å²) in [5.74, 6) is -2.71. The molecule has 0 radical (unpaired) electrons. The average molecular weight is 480 g/mol. The molecule has 1 saturated heterocycles. The van der Waals surface area contributed by atoms with Crippen LogP contribution in [0.3, 0.4) is 0 Å². The molecule has 0 aromatic rings. The second-order valence-corrected chi connectivity index (χ2v) is 10.2. The number of ketones is 1. The Kier molecular flexibility index (Phi) is 9.17. The van der Waals surface area contributed by atoms with Crippen molar-refractivity contribution in [1.29, 1.82) is 0 Å². The van der Waals surface area contributed by atoms with Gasteiger partial charge in [0.25, 0.3) is 5.91 Å². The fourth-order valence-electron chi connectivity index (χ4n) is 4.34. The third-order valence-electron chi connectivity index (χ3n) is 6.68. The van der Waals surface area contributed by atoms with Gasteiger partial charge in [-0.2, -0.15) is 0 Å². The van der Waals surface area contributed by atoms with Gasteiger partial charge in [0.15, 0.2) is 0 Å². The Morgan fingerprint density at radius 1 is 1.06 bits per heavy atom. The van der Waals surface area contributed by atoms with Gasteiger partial charge in [0.05, 0.1) is 13.1 Å². The van der Waals surface area contributed by atoms with E-state index >= 15 is 0 Å². The lowest BCUT2D eigenvalue weighted by molar-refractivity contribution is -0.141. The highest BCUT2D eigenvalue weighted by atomic mass is 16.2. The number of Topliss-reactive ketones (excluding diaryl/α,β-unsaturated/α-hetero) is 1. The molecule has 2 fully saturated rings. The number of fused-ring (bicyclic) bond motifs is 1. The van der Waals surface area contributed by atoms with Crippen molar-refractivity contribution in [2.75, 3.05) is 19.6 Å². The molecule has 4 N–H and O–H groups in total. The fourth-order valence-corrected chi connectivity index (χ4v) is 4.34. The first kappa shape index (κ1) is 27.3. The molecule has 1 aliphatic carbocycles. The molecular weight excluding hydrogens is 442 g/mol. The van der Waals surface area contributed by atoms with Gasteiger partial charge in [-0.25, -0.2) is 0 Å². The Hall–Kier alpha value is -2.98. The van der Waals surface area contributed by atoms with Gasteiger partial charge >= 0.3 is 0 Å². The first-order chi connectivity index (χ1) is 15.9. The van der Waals surface area contributed by atoms with Crippen molar-refractivity contribution in [1.82, 2.24) is 26.2 Å². The Morgan fingerprint density at radius 3 is 2.26 bits per heavy atom. The lowest BCUT2D eigenvalue weighted by Crippen LogP contribution is -2.55. The number of likely N-dealkylation sites (tertiary alicyclic amines) is 1. The van der Waals surface area contributed by atoms with Crippen LogP contribution in [-0.2, 0) is 28.8 Å². The third-order valence-corrected chi connectivity index (χ3v) is 6.68. The number of hydrogen-bond donors (Lipinski definition) is 4. The summed E-state index contributed by atoms with van der Waals surface area (Å²) in [7, 11) is 0. The zero-order valence-electron chi connectivity index (χ0n) is 20.6. The van der Waals surface area contributed by atoms with Crippen molar-refractivity contribution in [3.63, 3.8) is 0 Å². The monoisotopic (exact) mass is 479 g/mol. The lowest BCUT2D eigenvalue weighted by atomic mass is 9.73. The molecule has 0 bridgehead atoms. The van der Waals surface area contributed by atoms with E-state index in [0.29, 0.717) is 19.4 Å². The van der Waals surface area contributed by atoms with Gasteiger partial charge in [0.1, 0.15) is 12.1 Å². The van der Waals surface area contributed by atoms with Crippen molar-refractivity contribution in [2.24, 2.45) is 17.3 Å². The third kappa shape index (κ3) is 6.54. The summed E-state index contributed by atoms with van der Waals surface area (Å²) in [6.07, 6.45) is 2.80. The number of rotatable bonds is 11. The van der Waals surface area contributed by atoms with E-state index in [9.17, 15) is 28.8 Å². The predicted molar refractivity (Wildman–Crippen MR) is 123 cm³/mol. The molecule has 190 valence electrons. The lowest BCUT2D eigenvalue weighted by Gasteiger charge is -2.33. The molecule has 11 nitrogen and oxygen atoms in total. The molecule has 5 amide bonds. The van der Waals surface area contributed by atoms with Crippen molar-refractivity contribution >= 4 is 35.8 Å². The minimum Gasteiger partial charge on any atom is -0.347 e. The summed E-state index contributed by atoms with van der Waals surface area (Å²) >= 11 is 0. The average Bonchev–Trinajstić information content (AvgIpc) is 3.02. The SMILES string of the molecule is CC[C@H](C)NC(=O)C(=O)CNC(=O)C1[C@H]2CCC2CN1C(=O)CNC(=O)C(NC=O)C(C)(C)C. The number of carbonyl (C=O) groups excluding carboxylic acids is 6. The minimum absolute atomic E-state index is 0.0113. The zero-order chi connectivity index (χ0) is 25.6. The second kappa shape index (κ2) is 11.4. The van der Waals surface area contributed by atoms with E-state index in [1.54, 1.807) is 27.7 Å². The molecule has 0 spiro atoms. The van der Waals surface area contributed by atoms with Gasteiger partial charge in [-0.1, -0.05) is 27.7 Å². The molecule has 2 aliphatic rings. The maximum Gasteiger partial charge on any atom is 0.289 e. The van der Waals surface area contributed by atoms with E-state index in [2.05, 4.69) is 21.3 Å². The van der Waals surface area contributed by atoms with E-state index < -0.39 is 53.5 Å². The Labute approximate surface area is 200 Å². The van der Waals surface area contributed by atoms with Crippen LogP contribution < -0.4 is 21.3 Å². The van der Waals surface area contributed by atoms with Crippen LogP contribution in [0.2, 0.25) is 0 Å². The molecule has 1 aliphatic heterocycles. The smallest absolute Gasteiger partial charge is 0.289 e. The van der Waals surface area contributed by atoms with Gasteiger partial charge < -0.3 is 26.2 Å². The largest absolute Gasteiger partial charge is 0.347 e. The summed E-state index contributed by atoms with van der Waals surface area (Å²) in [6, 6.07) is -1.72. The van der Waals surface area contributed by atoms with E-state index in [1.807, 2.05) is 6.92 Å². The number of carbonyl (C=O) groups is 6. The number of hydrogen-bond acceptors (Lipinski definition) is 6. The van der Waals surface area contributed by atoms with E-state index in [0.717, 1.165) is 12.8 Å². The second-order valence-electron chi connectivity index (χ2n) is 10.2. The van der Waals surface area contributed by atoms with Crippen LogP contribution in [0, 0.1) is 17.3 Å². The Balaban J connectivity index is 1.96. The van der Waals surface area contributed by atoms with Gasteiger partial charge in [0, 0.05) is 12.6 Å². The molecule has 1 saturated carbocycles. The normalized spacial score (nSPS) is 23.0. The van der Waals surface area contributed by atoms with Crippen LogP contribution >= 0.6 is 0 Å². The van der Waals surface area contributed by atoms with Crippen LogP contribution in [0.1, 0.15) is 53.9 Å². The quantitative estimate of drug-likeness (QED) is 0.222. The van der Waals surface area contributed by atoms with Gasteiger partial charge in [-0.3, -0.25) is 28.8 Å². The number of nitrogens with one attached hydrogen (secondary N) is 4. The van der Waals surface area contributed by atoms with E-state index in [1.165, 1.54) is 4.90 Å². The van der Waals surface area contributed by atoms with Crippen molar-refractivity contribution < 1.29 is 28.8 Å². The van der Waals surface area contributed by atoms with Crippen LogP contribution in [0.25, 0.3) is 0 Å². The van der Waals surface area contributed by atoms with Crippen LogP contribution in [0.15, 0.2) is 0 Å². The number of nitrogens with zero attached hydrogens (tertiary/aromatic N) is 1. The van der Waals surface area contributed by atoms with Gasteiger partial charge in [-0.05, 0) is 43.4 Å². The first-order valence-electron chi connectivity index (χ1n) is 11.8. The van der Waals surface area contributed by atoms with E-state index in [-0.39, 0.29) is 24.4 Å². The van der Waals surface area contributed by atoms with Gasteiger partial charge in [-0.15, -0.1) is 0 Å². The Bertz CT molecular complexity index is 823. The predicted octanol–water partition coefficient (Wildman–Crippen LogP) is -0.900. The summed E-state index contributed by atoms with van der Waals surface area (Å²) in [5, 5.41) is 10.1. The first-order valence-corrected chi connectivity index (χ1v) is 11.8. The van der Waals surface area contributed by atoms with Crippen LogP contribution in [0.4, 0.5) is 0 Å². The van der Waals surface area contributed by atoms with Crippen molar-refractivity contribution in [3.8, 4) is 0 Å². The topological polar surface area (TPSA) is 154 Å². The molecule has 0 aromatic carbocycles. The molecular formula is C23H37N5O6. The maximum atomic E-state index is 12.9. The summed E-state index contributed by atoms with van der Waals surface area (Å²) in [4.78, 5) is 74.7. The molecule has 11 heteroatoms. The summed E-state index contributed by atoms with van der Waals surface area (Å²) in [6.45, 7) is 8.66. The van der Waals surface area contributed by atoms with Gasteiger partial charge in [0.2, 0.25) is 29.9 Å². The molecule has 0 aromatic heterocycles. The molecule has 34 heavy (non-hydrogen) atoms. The highest BCUT2D eigenvalue weighted by Crippen LogP contribution is 2.44. The summed E-state index contributed by atoms with van der Waals surface area (Å²) < 4.78 is 0. The Morgan fingerprint density at radius 2 is 1.74 bits per heavy atom. The highest BCUT2D eigenvalue weighted by molar-refractivity contribution is 6.37. The van der Waals surface area contributed by atoms with Crippen LogP contribution in [0.5, 0.6) is 0 Å². The standard InChI is InChI=1S/C23H37N5O6/c1-6-13(2)27-20(32)16(30)9-24-21(33)18-15-8-7-14(15)11-28(18)17(31)10-25-22(34)19(26-12-29)23(3,4)5/h12-15,18-19H,6-11H2,1-5H3,(H,24,33)(H,25,34)(H,26,29)(H,27,32)/t13-,14?,15-,18?,19?/m0/s1. The van der Waals surface area contributed by atoms with Crippen molar-refractivity contribution in [3.05, 3.63) is 0 Å². The maximum absolute atomic E-state index is 12.9. The fraction of sp³-hybridized carbons (Fsp3) is 0.739.